The smallest absolute Gasteiger partial charge is 0.343 e. The molecule has 6 nitrogen and oxygen atoms in total. The summed E-state index contributed by atoms with van der Waals surface area (Å²) < 4.78 is 4.74. The second-order valence-electron chi connectivity index (χ2n) is 2.90. The molecule has 0 bridgehead atoms. The molecule has 0 aromatic rings. The maximum absolute atomic E-state index is 11.4. The Morgan fingerprint density at radius 2 is 2.33 bits per heavy atom. The average molecular weight is 212 g/mol. The van der Waals surface area contributed by atoms with E-state index in [4.69, 9.17) is 4.74 Å². The van der Waals surface area contributed by atoms with E-state index in [1.54, 1.807) is 6.92 Å². The molecule has 0 unspecified atom stereocenters. The number of nitrogens with one attached hydrogen (secondary N) is 1. The third-order valence-corrected chi connectivity index (χ3v) is 1.77. The predicted octanol–water partition coefficient (Wildman–Crippen LogP) is 0.546. The molecule has 82 valence electrons. The first-order chi connectivity index (χ1) is 7.06. The second kappa shape index (κ2) is 4.59. The minimum Gasteiger partial charge on any atom is -0.512 e. The Morgan fingerprint density at radius 1 is 1.67 bits per heavy atom. The van der Waals surface area contributed by atoms with Gasteiger partial charge in [-0.1, -0.05) is 0 Å². The molecule has 0 saturated heterocycles. The van der Waals surface area contributed by atoms with Crippen molar-refractivity contribution >= 4 is 17.7 Å². The van der Waals surface area contributed by atoms with E-state index >= 15 is 0 Å². The van der Waals surface area contributed by atoms with Gasteiger partial charge >= 0.3 is 12.0 Å². The van der Waals surface area contributed by atoms with Crippen LogP contribution in [0.4, 0.5) is 4.79 Å². The van der Waals surface area contributed by atoms with E-state index in [2.05, 4.69) is 10.3 Å². The first-order valence-corrected chi connectivity index (χ1v) is 4.49. The molecule has 0 aliphatic carbocycles. The number of hydrogen-bond acceptors (Lipinski definition) is 4. The van der Waals surface area contributed by atoms with Crippen LogP contribution in [0.2, 0.25) is 0 Å². The minimum atomic E-state index is -0.673. The van der Waals surface area contributed by atoms with Crippen LogP contribution in [-0.4, -0.2) is 36.0 Å². The highest BCUT2D eigenvalue weighted by atomic mass is 16.5. The molecule has 0 saturated carbocycles. The summed E-state index contributed by atoms with van der Waals surface area (Å²) in [4.78, 5) is 25.8. The number of rotatable bonds is 3. The zero-order valence-corrected chi connectivity index (χ0v) is 8.53. The minimum absolute atomic E-state index is 0.0461. The molecule has 6 heteroatoms. The van der Waals surface area contributed by atoms with Crippen LogP contribution >= 0.6 is 0 Å². The fourth-order valence-electron chi connectivity index (χ4n) is 1.18. The molecule has 2 amide bonds. The summed E-state index contributed by atoms with van der Waals surface area (Å²) >= 11 is 0. The van der Waals surface area contributed by atoms with E-state index in [9.17, 15) is 14.7 Å². The lowest BCUT2D eigenvalue weighted by molar-refractivity contribution is -0.138. The van der Waals surface area contributed by atoms with Crippen molar-refractivity contribution in [2.24, 2.45) is 4.99 Å². The van der Waals surface area contributed by atoms with Gasteiger partial charge in [0.1, 0.15) is 11.3 Å². The number of carbonyl (C=O) groups is 2. The Morgan fingerprint density at radius 3 is 2.73 bits per heavy atom. The summed E-state index contributed by atoms with van der Waals surface area (Å²) in [5.74, 6) is -0.878. The highest BCUT2D eigenvalue weighted by Crippen LogP contribution is 2.09. The van der Waals surface area contributed by atoms with E-state index in [1.165, 1.54) is 6.92 Å². The molecular weight excluding hydrogens is 200 g/mol. The molecule has 0 radical (unpaired) electrons. The summed E-state index contributed by atoms with van der Waals surface area (Å²) in [7, 11) is 0. The standard InChI is InChI=1S/C9H12N2O4/c1-3-15-8(13)7(5(2)12)6-4-10-9(14)11-6/h12H,3-4H2,1-2H3,(H,10,14)/b7-5+. The Labute approximate surface area is 86.6 Å². The number of hydrogen-bond donors (Lipinski definition) is 2. The van der Waals surface area contributed by atoms with Crippen molar-refractivity contribution in [1.82, 2.24) is 5.32 Å². The van der Waals surface area contributed by atoms with Crippen LogP contribution in [0.5, 0.6) is 0 Å². The van der Waals surface area contributed by atoms with Crippen LogP contribution in [-0.2, 0) is 9.53 Å². The molecule has 1 aliphatic heterocycles. The fourth-order valence-corrected chi connectivity index (χ4v) is 1.18. The van der Waals surface area contributed by atoms with Gasteiger partial charge in [0.05, 0.1) is 18.9 Å². The summed E-state index contributed by atoms with van der Waals surface area (Å²) in [6.45, 7) is 3.33. The Balaban J connectivity index is 2.95. The predicted molar refractivity (Wildman–Crippen MR) is 52.8 cm³/mol. The summed E-state index contributed by atoms with van der Waals surface area (Å²) in [5.41, 5.74) is 0.161. The number of aliphatic hydroxyl groups is 1. The number of ether oxygens (including phenoxy) is 1. The van der Waals surface area contributed by atoms with Crippen molar-refractivity contribution in [2.45, 2.75) is 13.8 Å². The quantitative estimate of drug-likeness (QED) is 0.406. The first kappa shape index (κ1) is 11.2. The van der Waals surface area contributed by atoms with E-state index in [-0.39, 0.29) is 30.2 Å². The molecule has 15 heavy (non-hydrogen) atoms. The van der Waals surface area contributed by atoms with Crippen LogP contribution < -0.4 is 5.32 Å². The zero-order valence-electron chi connectivity index (χ0n) is 8.53. The van der Waals surface area contributed by atoms with Crippen LogP contribution in [0.1, 0.15) is 13.8 Å². The third kappa shape index (κ3) is 2.55. The largest absolute Gasteiger partial charge is 0.512 e. The Kier molecular flexibility index (Phi) is 3.43. The first-order valence-electron chi connectivity index (χ1n) is 4.49. The lowest BCUT2D eigenvalue weighted by Gasteiger charge is -2.06. The van der Waals surface area contributed by atoms with Crippen molar-refractivity contribution in [1.29, 1.82) is 0 Å². The number of nitrogens with zero attached hydrogens (tertiary/aromatic N) is 1. The van der Waals surface area contributed by atoms with Gasteiger partial charge in [-0.3, -0.25) is 0 Å². The molecule has 0 spiro atoms. The molecule has 1 rings (SSSR count). The van der Waals surface area contributed by atoms with Crippen molar-refractivity contribution in [3.8, 4) is 0 Å². The summed E-state index contributed by atoms with van der Waals surface area (Å²) in [6, 6.07) is -0.520. The van der Waals surface area contributed by atoms with Gasteiger partial charge in [-0.05, 0) is 13.8 Å². The van der Waals surface area contributed by atoms with Crippen LogP contribution in [0, 0.1) is 0 Å². The number of urea groups is 1. The normalized spacial score (nSPS) is 16.7. The Bertz CT molecular complexity index is 353. The van der Waals surface area contributed by atoms with Gasteiger partial charge in [0.25, 0.3) is 0 Å². The number of esters is 1. The molecule has 0 aromatic carbocycles. The molecule has 0 fully saturated rings. The SMILES string of the molecule is CCOC(=O)/C(C1=NC(=O)NC1)=C(\C)O. The molecule has 0 atom stereocenters. The topological polar surface area (TPSA) is 88.0 Å². The lowest BCUT2D eigenvalue weighted by atomic mass is 10.1. The van der Waals surface area contributed by atoms with E-state index in [0.717, 1.165) is 0 Å². The van der Waals surface area contributed by atoms with Crippen LogP contribution in [0.15, 0.2) is 16.3 Å². The third-order valence-electron chi connectivity index (χ3n) is 1.77. The van der Waals surface area contributed by atoms with E-state index in [1.807, 2.05) is 0 Å². The molecule has 2 N–H and O–H groups in total. The molecular formula is C9H12N2O4. The van der Waals surface area contributed by atoms with Gasteiger partial charge in [0.2, 0.25) is 0 Å². The molecule has 1 aliphatic rings. The maximum Gasteiger partial charge on any atom is 0.343 e. The number of amides is 2. The number of aliphatic imine (C=N–C) groups is 1. The van der Waals surface area contributed by atoms with Gasteiger partial charge < -0.3 is 15.2 Å². The van der Waals surface area contributed by atoms with Crippen molar-refractivity contribution in [3.05, 3.63) is 11.3 Å². The monoisotopic (exact) mass is 212 g/mol. The number of allylic oxidation sites excluding steroid dienone is 1. The van der Waals surface area contributed by atoms with Gasteiger partial charge in [-0.25, -0.2) is 9.59 Å². The van der Waals surface area contributed by atoms with E-state index in [0.29, 0.717) is 0 Å². The van der Waals surface area contributed by atoms with Crippen LogP contribution in [0.25, 0.3) is 0 Å². The van der Waals surface area contributed by atoms with Crippen molar-refractivity contribution < 1.29 is 19.4 Å². The zero-order chi connectivity index (χ0) is 11.4. The van der Waals surface area contributed by atoms with Crippen LogP contribution in [0.3, 0.4) is 0 Å². The average Bonchev–Trinajstić information content (AvgIpc) is 2.51. The lowest BCUT2D eigenvalue weighted by Crippen LogP contribution is -2.23. The summed E-state index contributed by atoms with van der Waals surface area (Å²) in [6.07, 6.45) is 0. The van der Waals surface area contributed by atoms with E-state index < -0.39 is 12.0 Å². The van der Waals surface area contributed by atoms with Crippen molar-refractivity contribution in [3.63, 3.8) is 0 Å². The van der Waals surface area contributed by atoms with Gasteiger partial charge in [-0.15, -0.1) is 0 Å². The molecule has 1 heterocycles. The van der Waals surface area contributed by atoms with Gasteiger partial charge in [-0.2, -0.15) is 4.99 Å². The summed E-state index contributed by atoms with van der Waals surface area (Å²) in [5, 5.41) is 11.7. The fraction of sp³-hybridized carbons (Fsp3) is 0.444. The number of carbonyl (C=O) groups excluding carboxylic acids is 2. The van der Waals surface area contributed by atoms with Gasteiger partial charge in [0.15, 0.2) is 0 Å². The van der Waals surface area contributed by atoms with Gasteiger partial charge in [0, 0.05) is 0 Å². The molecule has 0 aromatic heterocycles. The highest BCUT2D eigenvalue weighted by Gasteiger charge is 2.25. The highest BCUT2D eigenvalue weighted by molar-refractivity contribution is 6.25. The second-order valence-corrected chi connectivity index (χ2v) is 2.90. The number of aliphatic hydroxyl groups excluding tert-OH is 1. The maximum atomic E-state index is 11.4. The van der Waals surface area contributed by atoms with Crippen molar-refractivity contribution in [2.75, 3.05) is 13.2 Å². The Hall–Kier alpha value is -1.85.